The lowest BCUT2D eigenvalue weighted by molar-refractivity contribution is 0.541. The van der Waals surface area contributed by atoms with E-state index in [1.54, 1.807) is 6.41 Å². The zero-order valence-corrected chi connectivity index (χ0v) is 3.82. The van der Waals surface area contributed by atoms with Crippen molar-refractivity contribution in [2.45, 2.75) is 13.3 Å². The van der Waals surface area contributed by atoms with Gasteiger partial charge in [-0.3, -0.25) is 4.79 Å². The predicted molar refractivity (Wildman–Crippen MR) is 24.0 cm³/mol. The Hall–Kier alpha value is -0.530. The molecule has 0 bridgehead atoms. The summed E-state index contributed by atoms with van der Waals surface area (Å²) in [5, 5.41) is 2.39. The molecule has 0 unspecified atom stereocenters. The largest absolute Gasteiger partial charge is 0.348 e. The van der Waals surface area contributed by atoms with Gasteiger partial charge in [-0.05, 0) is 6.42 Å². The Bertz CT molecular complexity index is 36.5. The normalized spacial score (nSPS) is 7.50. The third kappa shape index (κ3) is 3.47. The maximum absolute atomic E-state index is 9.33. The molecule has 0 aromatic carbocycles. The smallest absolute Gasteiger partial charge is 0.309 e. The highest BCUT2D eigenvalue weighted by Gasteiger charge is 1.71. The highest BCUT2D eigenvalue weighted by atomic mass is 16.1. The van der Waals surface area contributed by atoms with Crippen LogP contribution >= 0.6 is 0 Å². The lowest BCUT2D eigenvalue weighted by Crippen LogP contribution is -2.10. The van der Waals surface area contributed by atoms with E-state index >= 15 is 0 Å². The molecule has 0 spiro atoms. The number of nitrogens with one attached hydrogen (secondary N) is 1. The molecule has 2 nitrogen and oxygen atoms in total. The Morgan fingerprint density at radius 3 is 2.67 bits per heavy atom. The first-order chi connectivity index (χ1) is 2.91. The molecule has 0 saturated heterocycles. The maximum Gasteiger partial charge on any atom is 0.309 e. The molecular weight excluding hydrogens is 78.0 g/mol. The van der Waals surface area contributed by atoms with E-state index in [0.29, 0.717) is 0 Å². The quantitative estimate of drug-likeness (QED) is 0.381. The van der Waals surface area contributed by atoms with Crippen LogP contribution in [0.1, 0.15) is 13.3 Å². The maximum atomic E-state index is 9.33. The van der Waals surface area contributed by atoms with Gasteiger partial charge in [0, 0.05) is 6.54 Å². The Labute approximate surface area is 37.5 Å². The average Bonchev–Trinajstić information content (AvgIpc) is 1.61. The Kier molecular flexibility index (Phi) is 4.08. The Morgan fingerprint density at radius 2 is 2.50 bits per heavy atom. The van der Waals surface area contributed by atoms with E-state index in [1.807, 2.05) is 6.92 Å². The molecule has 1 amide bonds. The molecule has 0 aliphatic heterocycles. The zero-order chi connectivity index (χ0) is 4.83. The summed E-state index contributed by atoms with van der Waals surface area (Å²) in [7, 11) is 0. The lowest BCUT2D eigenvalue weighted by atomic mass is 10.5. The van der Waals surface area contributed by atoms with Crippen molar-refractivity contribution in [2.24, 2.45) is 0 Å². The molecule has 0 fully saturated rings. The minimum atomic E-state index is 0.740. The van der Waals surface area contributed by atoms with Crippen LogP contribution in [0.3, 0.4) is 0 Å². The van der Waals surface area contributed by atoms with Crippen LogP contribution in [0.15, 0.2) is 0 Å². The van der Waals surface area contributed by atoms with Gasteiger partial charge in [0.05, 0.1) is 0 Å². The van der Waals surface area contributed by atoms with Gasteiger partial charge in [0.2, 0.25) is 0 Å². The average molecular weight is 86.1 g/mol. The first kappa shape index (κ1) is 5.47. The molecule has 0 aliphatic carbocycles. The van der Waals surface area contributed by atoms with Crippen molar-refractivity contribution >= 4 is 6.41 Å². The van der Waals surface area contributed by atoms with E-state index in [4.69, 9.17) is 0 Å². The molecule has 1 radical (unpaired) electrons. The summed E-state index contributed by atoms with van der Waals surface area (Å²) in [6.45, 7) is 2.73. The third-order valence-corrected chi connectivity index (χ3v) is 0.447. The summed E-state index contributed by atoms with van der Waals surface area (Å²) in [6.07, 6.45) is 2.55. The monoisotopic (exact) mass is 86.1 g/mol. The van der Waals surface area contributed by atoms with Crippen molar-refractivity contribution in [3.63, 3.8) is 0 Å². The van der Waals surface area contributed by atoms with E-state index in [0.717, 1.165) is 13.0 Å². The van der Waals surface area contributed by atoms with E-state index < -0.39 is 0 Å². The molecule has 0 aromatic heterocycles. The molecule has 1 N–H and O–H groups in total. The van der Waals surface area contributed by atoms with Crippen molar-refractivity contribution in [3.05, 3.63) is 0 Å². The second-order valence-corrected chi connectivity index (χ2v) is 1.03. The van der Waals surface area contributed by atoms with Gasteiger partial charge in [0.25, 0.3) is 0 Å². The molecule has 35 valence electrons. The van der Waals surface area contributed by atoms with Gasteiger partial charge in [-0.25, -0.2) is 0 Å². The van der Waals surface area contributed by atoms with Gasteiger partial charge in [0.15, 0.2) is 0 Å². The van der Waals surface area contributed by atoms with Gasteiger partial charge < -0.3 is 5.32 Å². The summed E-state index contributed by atoms with van der Waals surface area (Å²) in [5.41, 5.74) is 0. The zero-order valence-electron chi connectivity index (χ0n) is 3.82. The summed E-state index contributed by atoms with van der Waals surface area (Å²) in [5.74, 6) is 0. The highest BCUT2D eigenvalue weighted by Crippen LogP contribution is 1.63. The van der Waals surface area contributed by atoms with Crippen molar-refractivity contribution in [1.29, 1.82) is 0 Å². The molecule has 0 aromatic rings. The van der Waals surface area contributed by atoms with Crippen LogP contribution in [0.25, 0.3) is 0 Å². The van der Waals surface area contributed by atoms with E-state index in [1.165, 1.54) is 0 Å². The molecule has 0 rings (SSSR count). The summed E-state index contributed by atoms with van der Waals surface area (Å²) in [6, 6.07) is 0. The fourth-order valence-corrected chi connectivity index (χ4v) is 0.176. The number of rotatable bonds is 3. The second kappa shape index (κ2) is 4.47. The fraction of sp³-hybridized carbons (Fsp3) is 0.750. The Morgan fingerprint density at radius 1 is 1.83 bits per heavy atom. The van der Waals surface area contributed by atoms with Crippen molar-refractivity contribution in [1.82, 2.24) is 5.32 Å². The van der Waals surface area contributed by atoms with E-state index in [-0.39, 0.29) is 0 Å². The number of amides is 1. The van der Waals surface area contributed by atoms with Crippen LogP contribution in [0.2, 0.25) is 0 Å². The van der Waals surface area contributed by atoms with E-state index in [2.05, 4.69) is 5.32 Å². The van der Waals surface area contributed by atoms with Crippen molar-refractivity contribution in [2.75, 3.05) is 6.54 Å². The summed E-state index contributed by atoms with van der Waals surface area (Å²) in [4.78, 5) is 9.33. The SMILES string of the molecule is CCCN[C]=O. The molecule has 0 atom stereocenters. The standard InChI is InChI=1S/C4H8NO/c1-2-3-5-4-6/h2-3H2,1H3,(H,5,6). The summed E-state index contributed by atoms with van der Waals surface area (Å²) >= 11 is 0. The Balaban J connectivity index is 2.49. The molecular formula is C4H8NO. The lowest BCUT2D eigenvalue weighted by Gasteiger charge is -1.84. The topological polar surface area (TPSA) is 29.1 Å². The molecule has 6 heavy (non-hydrogen) atoms. The van der Waals surface area contributed by atoms with Crippen molar-refractivity contribution < 1.29 is 4.79 Å². The minimum absolute atomic E-state index is 0.740. The number of hydrogen-bond acceptors (Lipinski definition) is 1. The fourth-order valence-electron chi connectivity index (χ4n) is 0.176. The number of hydrogen-bond donors (Lipinski definition) is 1. The van der Waals surface area contributed by atoms with Crippen LogP contribution in [0, 0.1) is 0 Å². The molecule has 0 saturated carbocycles. The van der Waals surface area contributed by atoms with Crippen LogP contribution < -0.4 is 5.32 Å². The van der Waals surface area contributed by atoms with Crippen LogP contribution in [-0.2, 0) is 4.79 Å². The minimum Gasteiger partial charge on any atom is -0.348 e. The van der Waals surface area contributed by atoms with Crippen molar-refractivity contribution in [3.8, 4) is 0 Å². The molecule has 0 aliphatic rings. The first-order valence-electron chi connectivity index (χ1n) is 2.01. The second-order valence-electron chi connectivity index (χ2n) is 1.03. The summed E-state index contributed by atoms with van der Waals surface area (Å²) < 4.78 is 0. The first-order valence-corrected chi connectivity index (χ1v) is 2.01. The van der Waals surface area contributed by atoms with Gasteiger partial charge in [-0.1, -0.05) is 6.92 Å². The van der Waals surface area contributed by atoms with Crippen LogP contribution in [0.4, 0.5) is 0 Å². The predicted octanol–water partition coefficient (Wildman–Crippen LogP) is 0.0532. The molecule has 0 heterocycles. The van der Waals surface area contributed by atoms with Gasteiger partial charge in [-0.15, -0.1) is 0 Å². The van der Waals surface area contributed by atoms with Gasteiger partial charge >= 0.3 is 6.41 Å². The highest BCUT2D eigenvalue weighted by molar-refractivity contribution is 5.46. The van der Waals surface area contributed by atoms with Gasteiger partial charge in [0.1, 0.15) is 0 Å². The van der Waals surface area contributed by atoms with E-state index in [9.17, 15) is 4.79 Å². The number of carbonyl (C=O) groups excluding carboxylic acids is 1. The van der Waals surface area contributed by atoms with Crippen LogP contribution in [-0.4, -0.2) is 13.0 Å². The third-order valence-electron chi connectivity index (χ3n) is 0.447. The van der Waals surface area contributed by atoms with Crippen LogP contribution in [0.5, 0.6) is 0 Å². The molecule has 2 heteroatoms. The van der Waals surface area contributed by atoms with Gasteiger partial charge in [-0.2, -0.15) is 0 Å².